The Morgan fingerprint density at radius 1 is 0.745 bits per heavy atom. The summed E-state index contributed by atoms with van der Waals surface area (Å²) in [4.78, 5) is 46.9. The number of carbonyl (C=O) groups is 3. The molecule has 234 valence electrons. The molecule has 8 heteroatoms. The molecule has 1 aromatic heterocycles. The van der Waals surface area contributed by atoms with Crippen molar-refractivity contribution in [2.75, 3.05) is 38.5 Å². The number of piperazine rings is 1. The fraction of sp³-hybridized carbons (Fsp3) is 0.154. The molecule has 1 saturated heterocycles. The first-order valence-electron chi connectivity index (χ1n) is 15.7. The second-order valence-electron chi connectivity index (χ2n) is 12.1. The van der Waals surface area contributed by atoms with Crippen molar-refractivity contribution in [3.8, 4) is 22.3 Å². The minimum absolute atomic E-state index is 0.0155. The van der Waals surface area contributed by atoms with Gasteiger partial charge >= 0.3 is 0 Å². The number of anilines is 1. The lowest BCUT2D eigenvalue weighted by molar-refractivity contribution is 0.0664. The number of amides is 3. The van der Waals surface area contributed by atoms with Crippen LogP contribution in [0.5, 0.6) is 0 Å². The van der Waals surface area contributed by atoms with E-state index in [1.165, 1.54) is 0 Å². The van der Waals surface area contributed by atoms with Crippen molar-refractivity contribution in [3.63, 3.8) is 0 Å². The number of fused-ring (bicyclic) bond motifs is 3. The van der Waals surface area contributed by atoms with Gasteiger partial charge in [-0.25, -0.2) is 0 Å². The molecule has 47 heavy (non-hydrogen) atoms. The number of H-pyrrole nitrogens is 1. The van der Waals surface area contributed by atoms with Gasteiger partial charge in [-0.2, -0.15) is 0 Å². The summed E-state index contributed by atoms with van der Waals surface area (Å²) in [6, 6.07) is 32.8. The Balaban J connectivity index is 1.24. The number of primary amides is 1. The molecule has 6 aromatic rings. The summed E-state index contributed by atoms with van der Waals surface area (Å²) < 4.78 is 0. The number of hydrogen-bond donors (Lipinski definition) is 3. The molecule has 0 aliphatic carbocycles. The molecule has 5 aromatic carbocycles. The average molecular weight is 622 g/mol. The van der Waals surface area contributed by atoms with Crippen molar-refractivity contribution >= 4 is 45.2 Å². The van der Waals surface area contributed by atoms with E-state index in [9.17, 15) is 14.4 Å². The van der Waals surface area contributed by atoms with E-state index in [1.807, 2.05) is 96.8 Å². The number of nitrogens with two attached hydrogens (primary N) is 1. The predicted octanol–water partition coefficient (Wildman–Crippen LogP) is 6.70. The zero-order valence-electron chi connectivity index (χ0n) is 26.3. The van der Waals surface area contributed by atoms with Gasteiger partial charge in [0, 0.05) is 59.3 Å². The first-order valence-corrected chi connectivity index (χ1v) is 15.7. The normalized spacial score (nSPS) is 13.6. The fourth-order valence-electron chi connectivity index (χ4n) is 6.52. The van der Waals surface area contributed by atoms with E-state index in [4.69, 9.17) is 5.73 Å². The van der Waals surface area contributed by atoms with Crippen LogP contribution in [-0.4, -0.2) is 65.7 Å². The van der Waals surface area contributed by atoms with Gasteiger partial charge in [-0.05, 0) is 78.2 Å². The first-order chi connectivity index (χ1) is 22.8. The van der Waals surface area contributed by atoms with Gasteiger partial charge in [0.15, 0.2) is 0 Å². The van der Waals surface area contributed by atoms with E-state index in [0.717, 1.165) is 57.2 Å². The molecule has 4 N–H and O–H groups in total. The summed E-state index contributed by atoms with van der Waals surface area (Å²) in [7, 11) is 2.06. The largest absolute Gasteiger partial charge is 0.366 e. The molecule has 0 spiro atoms. The fourth-order valence-corrected chi connectivity index (χ4v) is 6.52. The highest BCUT2D eigenvalue weighted by Crippen LogP contribution is 2.39. The van der Waals surface area contributed by atoms with Crippen LogP contribution >= 0.6 is 0 Å². The zero-order chi connectivity index (χ0) is 32.7. The Bertz CT molecular complexity index is 2160. The third-order valence-corrected chi connectivity index (χ3v) is 9.18. The van der Waals surface area contributed by atoms with Crippen LogP contribution in [0.15, 0.2) is 103 Å². The number of carbonyl (C=O) groups excluding carboxylic acids is 3. The second-order valence-corrected chi connectivity index (χ2v) is 12.1. The monoisotopic (exact) mass is 621 g/mol. The summed E-state index contributed by atoms with van der Waals surface area (Å²) in [6.45, 7) is 4.96. The molecule has 1 aliphatic rings. The number of likely N-dealkylation sites (N-methyl/N-ethyl adjacent to an activating group) is 1. The maximum Gasteiger partial charge on any atom is 0.255 e. The molecule has 7 rings (SSSR count). The van der Waals surface area contributed by atoms with E-state index >= 15 is 0 Å². The number of hydrogen-bond acceptors (Lipinski definition) is 4. The molecule has 0 bridgehead atoms. The molecule has 8 nitrogen and oxygen atoms in total. The van der Waals surface area contributed by atoms with E-state index in [-0.39, 0.29) is 11.8 Å². The number of benzene rings is 5. The molecule has 0 unspecified atom stereocenters. The third kappa shape index (κ3) is 5.64. The molecule has 3 amide bonds. The highest BCUT2D eigenvalue weighted by atomic mass is 16.2. The van der Waals surface area contributed by atoms with Crippen LogP contribution in [0.1, 0.15) is 36.6 Å². The molecule has 1 fully saturated rings. The molecule has 1 aliphatic heterocycles. The minimum atomic E-state index is -0.551. The Morgan fingerprint density at radius 2 is 1.47 bits per heavy atom. The van der Waals surface area contributed by atoms with Crippen molar-refractivity contribution < 1.29 is 14.4 Å². The number of aromatic nitrogens is 1. The van der Waals surface area contributed by atoms with Crippen LogP contribution in [0.3, 0.4) is 0 Å². The SMILES string of the molecule is Cc1c(C(=O)Nc2ccc(-c3ccccc3)cc2)cccc1-c1ccc(C(N)=O)c2[nH]c3cc(C(=O)N4CCN(C)CC4)ccc3c12. The molecular weight excluding hydrogens is 586 g/mol. The standard InChI is InChI=1S/C39H35N5O3/c1-24-29(9-6-10-30(24)38(46)41-28-14-11-26(12-15-28)25-7-4-3-5-8-25)31-17-18-33(37(40)45)36-35(31)32-16-13-27(23-34(32)42-36)39(47)44-21-19-43(2)20-22-44/h3-18,23,42H,19-22H2,1-2H3,(H2,40,45)(H,41,46). The van der Waals surface area contributed by atoms with Crippen molar-refractivity contribution in [1.82, 2.24) is 14.8 Å². The van der Waals surface area contributed by atoms with E-state index in [2.05, 4.69) is 34.4 Å². The maximum atomic E-state index is 13.6. The highest BCUT2D eigenvalue weighted by molar-refractivity contribution is 6.21. The summed E-state index contributed by atoms with van der Waals surface area (Å²) in [5.74, 6) is -0.781. The lowest BCUT2D eigenvalue weighted by Crippen LogP contribution is -2.47. The van der Waals surface area contributed by atoms with E-state index in [1.54, 1.807) is 6.07 Å². The van der Waals surface area contributed by atoms with Gasteiger partial charge in [0.2, 0.25) is 0 Å². The smallest absolute Gasteiger partial charge is 0.255 e. The number of rotatable bonds is 6. The summed E-state index contributed by atoms with van der Waals surface area (Å²) in [6.07, 6.45) is 0. The van der Waals surface area contributed by atoms with Crippen molar-refractivity contribution in [1.29, 1.82) is 0 Å². The molecule has 0 radical (unpaired) electrons. The molecule has 0 atom stereocenters. The molecule has 2 heterocycles. The molecule has 0 saturated carbocycles. The third-order valence-electron chi connectivity index (χ3n) is 9.18. The summed E-state index contributed by atoms with van der Waals surface area (Å²) in [5.41, 5.74) is 14.0. The first kappa shape index (κ1) is 30.0. The van der Waals surface area contributed by atoms with Gasteiger partial charge in [-0.15, -0.1) is 0 Å². The average Bonchev–Trinajstić information content (AvgIpc) is 3.47. The maximum absolute atomic E-state index is 13.6. The lowest BCUT2D eigenvalue weighted by Gasteiger charge is -2.32. The minimum Gasteiger partial charge on any atom is -0.366 e. The van der Waals surface area contributed by atoms with Crippen LogP contribution < -0.4 is 11.1 Å². The Labute approximate surface area is 272 Å². The van der Waals surface area contributed by atoms with E-state index < -0.39 is 5.91 Å². The summed E-state index contributed by atoms with van der Waals surface area (Å²) in [5, 5.41) is 4.72. The number of nitrogens with zero attached hydrogens (tertiary/aromatic N) is 2. The van der Waals surface area contributed by atoms with Gasteiger partial charge in [0.25, 0.3) is 17.7 Å². The number of aromatic amines is 1. The van der Waals surface area contributed by atoms with Gasteiger partial charge in [0.1, 0.15) is 0 Å². The van der Waals surface area contributed by atoms with E-state index in [0.29, 0.717) is 41.0 Å². The van der Waals surface area contributed by atoms with Crippen LogP contribution in [-0.2, 0) is 0 Å². The number of nitrogens with one attached hydrogen (secondary N) is 2. The van der Waals surface area contributed by atoms with Crippen LogP contribution in [0.25, 0.3) is 44.1 Å². The van der Waals surface area contributed by atoms with Gasteiger partial charge in [-0.3, -0.25) is 14.4 Å². The van der Waals surface area contributed by atoms with Gasteiger partial charge < -0.3 is 25.8 Å². The van der Waals surface area contributed by atoms with Gasteiger partial charge in [0.05, 0.1) is 11.1 Å². The summed E-state index contributed by atoms with van der Waals surface area (Å²) >= 11 is 0. The van der Waals surface area contributed by atoms with Crippen LogP contribution in [0.4, 0.5) is 5.69 Å². The quantitative estimate of drug-likeness (QED) is 0.192. The van der Waals surface area contributed by atoms with Crippen LogP contribution in [0.2, 0.25) is 0 Å². The predicted molar refractivity (Wildman–Crippen MR) is 188 cm³/mol. The van der Waals surface area contributed by atoms with Crippen molar-refractivity contribution in [2.24, 2.45) is 5.73 Å². The topological polar surface area (TPSA) is 112 Å². The zero-order valence-corrected chi connectivity index (χ0v) is 26.3. The highest BCUT2D eigenvalue weighted by Gasteiger charge is 2.23. The van der Waals surface area contributed by atoms with Crippen molar-refractivity contribution in [3.05, 3.63) is 125 Å². The van der Waals surface area contributed by atoms with Crippen LogP contribution in [0, 0.1) is 6.92 Å². The Morgan fingerprint density at radius 3 is 2.19 bits per heavy atom. The van der Waals surface area contributed by atoms with Gasteiger partial charge in [-0.1, -0.05) is 66.7 Å². The van der Waals surface area contributed by atoms with Crippen molar-refractivity contribution in [2.45, 2.75) is 6.92 Å². The Hall–Kier alpha value is -5.73. The lowest BCUT2D eigenvalue weighted by atomic mass is 9.91. The second kappa shape index (κ2) is 12.2. The molecular formula is C39H35N5O3. The Kier molecular flexibility index (Phi) is 7.79.